The largest absolute Gasteiger partial charge is 0.372 e. The Bertz CT molecular complexity index is 938. The number of anilines is 2. The number of rotatable bonds is 10. The SMILES string of the molecule is CCN(CC)c1ccccc1C=Cc1ccc(C=Cc2ccccc2N(CC)CC)cc1. The van der Waals surface area contributed by atoms with Gasteiger partial charge in [-0.3, -0.25) is 0 Å². The summed E-state index contributed by atoms with van der Waals surface area (Å²) in [4.78, 5) is 4.78. The van der Waals surface area contributed by atoms with Gasteiger partial charge < -0.3 is 9.80 Å². The highest BCUT2D eigenvalue weighted by Crippen LogP contribution is 2.24. The van der Waals surface area contributed by atoms with Gasteiger partial charge in [0, 0.05) is 37.6 Å². The molecule has 2 heteroatoms. The minimum absolute atomic E-state index is 1.01. The van der Waals surface area contributed by atoms with Gasteiger partial charge in [0.2, 0.25) is 0 Å². The summed E-state index contributed by atoms with van der Waals surface area (Å²) in [6.07, 6.45) is 8.84. The monoisotopic (exact) mass is 424 g/mol. The van der Waals surface area contributed by atoms with E-state index in [1.807, 2.05) is 0 Å². The molecule has 166 valence electrons. The van der Waals surface area contributed by atoms with Crippen molar-refractivity contribution in [2.75, 3.05) is 36.0 Å². The first-order valence-corrected chi connectivity index (χ1v) is 11.8. The lowest BCUT2D eigenvalue weighted by Gasteiger charge is -2.23. The zero-order valence-corrected chi connectivity index (χ0v) is 20.0. The van der Waals surface area contributed by atoms with Crippen LogP contribution in [0, 0.1) is 0 Å². The Labute approximate surface area is 194 Å². The lowest BCUT2D eigenvalue weighted by molar-refractivity contribution is 0.865. The molecular weight excluding hydrogens is 388 g/mol. The molecule has 0 aromatic heterocycles. The highest BCUT2D eigenvalue weighted by molar-refractivity contribution is 5.79. The summed E-state index contributed by atoms with van der Waals surface area (Å²) in [6, 6.07) is 26.0. The number of benzene rings is 3. The third kappa shape index (κ3) is 5.91. The third-order valence-electron chi connectivity index (χ3n) is 5.93. The average molecular weight is 425 g/mol. The van der Waals surface area contributed by atoms with E-state index >= 15 is 0 Å². The van der Waals surface area contributed by atoms with Gasteiger partial charge in [-0.25, -0.2) is 0 Å². The van der Waals surface area contributed by atoms with Crippen molar-refractivity contribution in [2.45, 2.75) is 27.7 Å². The lowest BCUT2D eigenvalue weighted by atomic mass is 10.1. The van der Waals surface area contributed by atoms with E-state index in [4.69, 9.17) is 0 Å². The zero-order valence-electron chi connectivity index (χ0n) is 20.0. The fraction of sp³-hybridized carbons (Fsp3) is 0.267. The normalized spacial score (nSPS) is 11.4. The summed E-state index contributed by atoms with van der Waals surface area (Å²) in [6.45, 7) is 12.9. The minimum atomic E-state index is 1.01. The van der Waals surface area contributed by atoms with Crippen molar-refractivity contribution in [1.82, 2.24) is 0 Å². The van der Waals surface area contributed by atoms with Crippen LogP contribution in [-0.4, -0.2) is 26.2 Å². The lowest BCUT2D eigenvalue weighted by Crippen LogP contribution is -2.22. The van der Waals surface area contributed by atoms with E-state index in [2.05, 4.69) is 135 Å². The van der Waals surface area contributed by atoms with Crippen molar-refractivity contribution in [1.29, 1.82) is 0 Å². The number of hydrogen-bond donors (Lipinski definition) is 0. The van der Waals surface area contributed by atoms with Gasteiger partial charge in [0.05, 0.1) is 0 Å². The summed E-state index contributed by atoms with van der Waals surface area (Å²) in [7, 11) is 0. The molecule has 0 aliphatic heterocycles. The fourth-order valence-corrected chi connectivity index (χ4v) is 4.05. The van der Waals surface area contributed by atoms with Crippen molar-refractivity contribution < 1.29 is 0 Å². The molecule has 0 N–H and O–H groups in total. The molecule has 0 fully saturated rings. The number of hydrogen-bond acceptors (Lipinski definition) is 2. The van der Waals surface area contributed by atoms with Crippen molar-refractivity contribution in [3.05, 3.63) is 95.1 Å². The molecule has 3 aromatic rings. The number of nitrogens with zero attached hydrogens (tertiary/aromatic N) is 2. The Morgan fingerprint density at radius 1 is 0.469 bits per heavy atom. The maximum Gasteiger partial charge on any atom is 0.0439 e. The Hall–Kier alpha value is -3.26. The quantitative estimate of drug-likeness (QED) is 0.307. The molecule has 3 aromatic carbocycles. The van der Waals surface area contributed by atoms with Gasteiger partial charge in [0.1, 0.15) is 0 Å². The van der Waals surface area contributed by atoms with Crippen LogP contribution in [0.1, 0.15) is 49.9 Å². The molecule has 0 heterocycles. The van der Waals surface area contributed by atoms with Gasteiger partial charge in [-0.2, -0.15) is 0 Å². The molecule has 0 radical (unpaired) electrons. The average Bonchev–Trinajstić information content (AvgIpc) is 2.85. The summed E-state index contributed by atoms with van der Waals surface area (Å²) in [5.74, 6) is 0. The van der Waals surface area contributed by atoms with Gasteiger partial charge in [0.15, 0.2) is 0 Å². The Morgan fingerprint density at radius 2 is 0.812 bits per heavy atom. The second-order valence-corrected chi connectivity index (χ2v) is 7.80. The first-order valence-electron chi connectivity index (χ1n) is 11.8. The predicted molar refractivity (Wildman–Crippen MR) is 144 cm³/mol. The van der Waals surface area contributed by atoms with Crippen molar-refractivity contribution in [2.24, 2.45) is 0 Å². The summed E-state index contributed by atoms with van der Waals surface area (Å²) >= 11 is 0. The second-order valence-electron chi connectivity index (χ2n) is 7.80. The minimum Gasteiger partial charge on any atom is -0.372 e. The molecule has 0 saturated carbocycles. The zero-order chi connectivity index (χ0) is 22.8. The molecule has 0 unspecified atom stereocenters. The van der Waals surface area contributed by atoms with Gasteiger partial charge in [-0.15, -0.1) is 0 Å². The molecule has 3 rings (SSSR count). The Kier molecular flexibility index (Phi) is 8.74. The van der Waals surface area contributed by atoms with Crippen LogP contribution in [-0.2, 0) is 0 Å². The van der Waals surface area contributed by atoms with Crippen LogP contribution in [0.3, 0.4) is 0 Å². The molecule has 32 heavy (non-hydrogen) atoms. The predicted octanol–water partition coefficient (Wildman–Crippen LogP) is 7.72. The molecule has 2 nitrogen and oxygen atoms in total. The smallest absolute Gasteiger partial charge is 0.0439 e. The van der Waals surface area contributed by atoms with Crippen molar-refractivity contribution >= 4 is 35.7 Å². The van der Waals surface area contributed by atoms with Gasteiger partial charge in [-0.1, -0.05) is 85.0 Å². The molecular formula is C30H36N2. The molecule has 0 aliphatic carbocycles. The molecule has 0 bridgehead atoms. The highest BCUT2D eigenvalue weighted by Gasteiger charge is 2.06. The van der Waals surface area contributed by atoms with Gasteiger partial charge in [-0.05, 0) is 62.1 Å². The fourth-order valence-electron chi connectivity index (χ4n) is 4.05. The van der Waals surface area contributed by atoms with E-state index in [1.54, 1.807) is 0 Å². The molecule has 0 aliphatic rings. The van der Waals surface area contributed by atoms with E-state index in [0.717, 1.165) is 26.2 Å². The van der Waals surface area contributed by atoms with Crippen molar-refractivity contribution in [3.8, 4) is 0 Å². The molecule has 0 spiro atoms. The van der Waals surface area contributed by atoms with Gasteiger partial charge in [0.25, 0.3) is 0 Å². The summed E-state index contributed by atoms with van der Waals surface area (Å²) < 4.78 is 0. The van der Waals surface area contributed by atoms with Gasteiger partial charge >= 0.3 is 0 Å². The maximum absolute atomic E-state index is 2.39. The maximum atomic E-state index is 2.39. The second kappa shape index (κ2) is 12.0. The first kappa shape index (κ1) is 23.4. The topological polar surface area (TPSA) is 6.48 Å². The van der Waals surface area contributed by atoms with Crippen LogP contribution in [0.4, 0.5) is 11.4 Å². The van der Waals surface area contributed by atoms with Crippen LogP contribution in [0.2, 0.25) is 0 Å². The molecule has 0 saturated heterocycles. The summed E-state index contributed by atoms with van der Waals surface area (Å²) in [5.41, 5.74) is 7.52. The highest BCUT2D eigenvalue weighted by atomic mass is 15.1. The Morgan fingerprint density at radius 3 is 1.16 bits per heavy atom. The van der Waals surface area contributed by atoms with Crippen LogP contribution in [0.25, 0.3) is 24.3 Å². The number of para-hydroxylation sites is 2. The first-order chi connectivity index (χ1) is 15.7. The van der Waals surface area contributed by atoms with E-state index < -0.39 is 0 Å². The van der Waals surface area contributed by atoms with Crippen LogP contribution in [0.15, 0.2) is 72.8 Å². The van der Waals surface area contributed by atoms with Crippen LogP contribution >= 0.6 is 0 Å². The standard InChI is InChI=1S/C30H36N2/c1-5-31(6-2)29-15-11-9-13-27(29)23-21-25-17-19-26(20-18-25)22-24-28-14-10-12-16-30(28)32(7-3)8-4/h9-24H,5-8H2,1-4H3. The van der Waals surface area contributed by atoms with Crippen LogP contribution in [0.5, 0.6) is 0 Å². The molecule has 0 atom stereocenters. The van der Waals surface area contributed by atoms with E-state index in [0.29, 0.717) is 0 Å². The van der Waals surface area contributed by atoms with Crippen molar-refractivity contribution in [3.63, 3.8) is 0 Å². The van der Waals surface area contributed by atoms with E-state index in [9.17, 15) is 0 Å². The molecule has 0 amide bonds. The van der Waals surface area contributed by atoms with Crippen LogP contribution < -0.4 is 9.80 Å². The van der Waals surface area contributed by atoms with E-state index in [1.165, 1.54) is 33.6 Å². The third-order valence-corrected chi connectivity index (χ3v) is 5.93. The van der Waals surface area contributed by atoms with E-state index in [-0.39, 0.29) is 0 Å². The Balaban J connectivity index is 1.75. The summed E-state index contributed by atoms with van der Waals surface area (Å²) in [5, 5.41) is 0.